The van der Waals surface area contributed by atoms with Gasteiger partial charge in [-0.3, -0.25) is 4.98 Å². The molecule has 0 aliphatic carbocycles. The molecule has 1 saturated heterocycles. The minimum Gasteiger partial charge on any atom is -0.444 e. The minimum atomic E-state index is -0.503. The summed E-state index contributed by atoms with van der Waals surface area (Å²) < 4.78 is 16.2. The van der Waals surface area contributed by atoms with Crippen LogP contribution in [-0.4, -0.2) is 36.0 Å². The number of rotatable bonds is 5. The maximum Gasteiger partial charge on any atom is 0.407 e. The monoisotopic (exact) mass is 308 g/mol. The Balaban J connectivity index is 1.79. The number of carbonyl (C=O) groups excluding carboxylic acids is 1. The SMILES string of the molecule is CC(C)(C)OC(=O)NCc1cccc(CO[C@H]2CCOC2)n1. The zero-order valence-corrected chi connectivity index (χ0v) is 13.4. The smallest absolute Gasteiger partial charge is 0.407 e. The number of amides is 1. The van der Waals surface area contributed by atoms with Crippen molar-refractivity contribution in [3.8, 4) is 0 Å². The molecule has 1 aromatic rings. The van der Waals surface area contributed by atoms with Gasteiger partial charge in [0.25, 0.3) is 0 Å². The molecule has 1 amide bonds. The highest BCUT2D eigenvalue weighted by molar-refractivity contribution is 5.67. The second kappa shape index (κ2) is 7.56. The summed E-state index contributed by atoms with van der Waals surface area (Å²) in [6, 6.07) is 5.68. The van der Waals surface area contributed by atoms with Crippen molar-refractivity contribution in [2.24, 2.45) is 0 Å². The zero-order chi connectivity index (χ0) is 16.0. The van der Waals surface area contributed by atoms with Crippen molar-refractivity contribution in [3.63, 3.8) is 0 Å². The van der Waals surface area contributed by atoms with E-state index in [0.29, 0.717) is 19.8 Å². The molecule has 1 aromatic heterocycles. The minimum absolute atomic E-state index is 0.158. The van der Waals surface area contributed by atoms with Crippen molar-refractivity contribution in [1.82, 2.24) is 10.3 Å². The Morgan fingerprint density at radius 2 is 2.18 bits per heavy atom. The first-order valence-electron chi connectivity index (χ1n) is 7.53. The number of pyridine rings is 1. The maximum absolute atomic E-state index is 11.6. The van der Waals surface area contributed by atoms with Gasteiger partial charge in [-0.05, 0) is 39.3 Å². The van der Waals surface area contributed by atoms with Crippen LogP contribution in [-0.2, 0) is 27.4 Å². The third-order valence-electron chi connectivity index (χ3n) is 3.03. The molecule has 6 nitrogen and oxygen atoms in total. The van der Waals surface area contributed by atoms with Gasteiger partial charge in [-0.2, -0.15) is 0 Å². The molecule has 0 bridgehead atoms. The van der Waals surface area contributed by atoms with Crippen LogP contribution >= 0.6 is 0 Å². The van der Waals surface area contributed by atoms with Crippen molar-refractivity contribution in [3.05, 3.63) is 29.6 Å². The zero-order valence-electron chi connectivity index (χ0n) is 13.4. The summed E-state index contributed by atoms with van der Waals surface area (Å²) in [6.07, 6.45) is 0.643. The number of hydrogen-bond acceptors (Lipinski definition) is 5. The second-order valence-corrected chi connectivity index (χ2v) is 6.27. The van der Waals surface area contributed by atoms with Gasteiger partial charge in [0.05, 0.1) is 37.3 Å². The van der Waals surface area contributed by atoms with E-state index in [1.165, 1.54) is 0 Å². The molecule has 0 radical (unpaired) electrons. The summed E-state index contributed by atoms with van der Waals surface area (Å²) >= 11 is 0. The summed E-state index contributed by atoms with van der Waals surface area (Å²) in [7, 11) is 0. The summed E-state index contributed by atoms with van der Waals surface area (Å²) in [5, 5.41) is 2.70. The number of aromatic nitrogens is 1. The highest BCUT2D eigenvalue weighted by Gasteiger charge is 2.17. The topological polar surface area (TPSA) is 69.7 Å². The van der Waals surface area contributed by atoms with Gasteiger partial charge in [0, 0.05) is 6.61 Å². The van der Waals surface area contributed by atoms with E-state index in [0.717, 1.165) is 24.4 Å². The van der Waals surface area contributed by atoms with Crippen molar-refractivity contribution in [2.75, 3.05) is 13.2 Å². The van der Waals surface area contributed by atoms with Crippen LogP contribution in [0.25, 0.3) is 0 Å². The van der Waals surface area contributed by atoms with Crippen LogP contribution in [0.2, 0.25) is 0 Å². The number of nitrogens with one attached hydrogen (secondary N) is 1. The molecule has 1 fully saturated rings. The molecule has 1 aliphatic rings. The largest absolute Gasteiger partial charge is 0.444 e. The number of ether oxygens (including phenoxy) is 3. The van der Waals surface area contributed by atoms with E-state index in [1.54, 1.807) is 0 Å². The van der Waals surface area contributed by atoms with Gasteiger partial charge in [0.2, 0.25) is 0 Å². The fraction of sp³-hybridized carbons (Fsp3) is 0.625. The maximum atomic E-state index is 11.6. The molecular weight excluding hydrogens is 284 g/mol. The summed E-state index contributed by atoms with van der Waals surface area (Å²) in [4.78, 5) is 16.1. The van der Waals surface area contributed by atoms with E-state index < -0.39 is 11.7 Å². The van der Waals surface area contributed by atoms with Gasteiger partial charge in [-0.25, -0.2) is 4.79 Å². The van der Waals surface area contributed by atoms with E-state index in [-0.39, 0.29) is 6.10 Å². The average Bonchev–Trinajstić information content (AvgIpc) is 2.95. The van der Waals surface area contributed by atoms with Crippen LogP contribution in [0.5, 0.6) is 0 Å². The number of hydrogen-bond donors (Lipinski definition) is 1. The molecule has 0 unspecified atom stereocenters. The van der Waals surface area contributed by atoms with Crippen molar-refractivity contribution in [2.45, 2.75) is 52.0 Å². The fourth-order valence-corrected chi connectivity index (χ4v) is 2.03. The molecule has 1 aliphatic heterocycles. The molecule has 2 rings (SSSR count). The highest BCUT2D eigenvalue weighted by atomic mass is 16.6. The van der Waals surface area contributed by atoms with Gasteiger partial charge in [0.15, 0.2) is 0 Å². The molecule has 1 N–H and O–H groups in total. The molecule has 6 heteroatoms. The summed E-state index contributed by atoms with van der Waals surface area (Å²) in [5.74, 6) is 0. The Labute approximate surface area is 131 Å². The standard InChI is InChI=1S/C16H24N2O4/c1-16(2,3)22-15(19)17-9-12-5-4-6-13(18-12)10-21-14-7-8-20-11-14/h4-6,14H,7-11H2,1-3H3,(H,17,19)/t14-/m0/s1. The van der Waals surface area contributed by atoms with Crippen molar-refractivity contribution >= 4 is 6.09 Å². The van der Waals surface area contributed by atoms with Crippen LogP contribution in [0.1, 0.15) is 38.6 Å². The molecule has 2 heterocycles. The number of carbonyl (C=O) groups is 1. The Morgan fingerprint density at radius 1 is 1.41 bits per heavy atom. The lowest BCUT2D eigenvalue weighted by atomic mass is 10.2. The quantitative estimate of drug-likeness (QED) is 0.904. The lowest BCUT2D eigenvalue weighted by Gasteiger charge is -2.19. The van der Waals surface area contributed by atoms with E-state index in [2.05, 4.69) is 10.3 Å². The molecule has 0 aromatic carbocycles. The first-order valence-corrected chi connectivity index (χ1v) is 7.53. The van der Waals surface area contributed by atoms with Crippen LogP contribution < -0.4 is 5.32 Å². The third kappa shape index (κ3) is 5.99. The average molecular weight is 308 g/mol. The van der Waals surface area contributed by atoms with Gasteiger partial charge >= 0.3 is 6.09 Å². The highest BCUT2D eigenvalue weighted by Crippen LogP contribution is 2.11. The third-order valence-corrected chi connectivity index (χ3v) is 3.03. The lowest BCUT2D eigenvalue weighted by molar-refractivity contribution is 0.0301. The Bertz CT molecular complexity index is 493. The van der Waals surface area contributed by atoms with Crippen molar-refractivity contribution < 1.29 is 19.0 Å². The fourth-order valence-electron chi connectivity index (χ4n) is 2.03. The molecule has 122 valence electrons. The first-order chi connectivity index (χ1) is 10.4. The molecular formula is C16H24N2O4. The molecule has 1 atom stereocenters. The number of nitrogens with zero attached hydrogens (tertiary/aromatic N) is 1. The first kappa shape index (κ1) is 16.7. The summed E-state index contributed by atoms with van der Waals surface area (Å²) in [5.41, 5.74) is 1.11. The van der Waals surface area contributed by atoms with Gasteiger partial charge < -0.3 is 19.5 Å². The van der Waals surface area contributed by atoms with E-state index in [4.69, 9.17) is 14.2 Å². The van der Waals surface area contributed by atoms with Gasteiger partial charge in [-0.15, -0.1) is 0 Å². The second-order valence-electron chi connectivity index (χ2n) is 6.27. The number of alkyl carbamates (subject to hydrolysis) is 1. The van der Waals surface area contributed by atoms with Crippen LogP contribution in [0, 0.1) is 0 Å². The normalized spacial score (nSPS) is 18.2. The van der Waals surface area contributed by atoms with Crippen molar-refractivity contribution in [1.29, 1.82) is 0 Å². The van der Waals surface area contributed by atoms with Gasteiger partial charge in [0.1, 0.15) is 5.60 Å². The lowest BCUT2D eigenvalue weighted by Crippen LogP contribution is -2.32. The van der Waals surface area contributed by atoms with E-state index in [9.17, 15) is 4.79 Å². The van der Waals surface area contributed by atoms with Crippen LogP contribution in [0.4, 0.5) is 4.79 Å². The van der Waals surface area contributed by atoms with Gasteiger partial charge in [-0.1, -0.05) is 6.07 Å². The van der Waals surface area contributed by atoms with Crippen LogP contribution in [0.3, 0.4) is 0 Å². The predicted octanol–water partition coefficient (Wildman–Crippen LogP) is 2.41. The predicted molar refractivity (Wildman–Crippen MR) is 81.3 cm³/mol. The molecule has 0 saturated carbocycles. The van der Waals surface area contributed by atoms with E-state index >= 15 is 0 Å². The summed E-state index contributed by atoms with van der Waals surface area (Å²) in [6.45, 7) is 7.68. The molecule has 22 heavy (non-hydrogen) atoms. The molecule has 0 spiro atoms. The Kier molecular flexibility index (Phi) is 5.74. The Hall–Kier alpha value is -1.66. The van der Waals surface area contributed by atoms with Crippen LogP contribution in [0.15, 0.2) is 18.2 Å². The Morgan fingerprint density at radius 3 is 2.86 bits per heavy atom. The van der Waals surface area contributed by atoms with E-state index in [1.807, 2.05) is 39.0 Å².